The number of aromatic nitrogens is 2. The van der Waals surface area contributed by atoms with E-state index < -0.39 is 23.6 Å². The predicted octanol–water partition coefficient (Wildman–Crippen LogP) is 4.92. The monoisotopic (exact) mass is 465 g/mol. The van der Waals surface area contributed by atoms with Gasteiger partial charge in [-0.25, -0.2) is 4.98 Å². The molecule has 0 unspecified atom stereocenters. The van der Waals surface area contributed by atoms with E-state index in [4.69, 9.17) is 16.3 Å². The molecule has 9 nitrogen and oxygen atoms in total. The van der Waals surface area contributed by atoms with Crippen LogP contribution in [0.2, 0.25) is 5.02 Å². The van der Waals surface area contributed by atoms with E-state index in [2.05, 4.69) is 20.6 Å². The van der Waals surface area contributed by atoms with Crippen molar-refractivity contribution in [2.24, 2.45) is 0 Å². The summed E-state index contributed by atoms with van der Waals surface area (Å²) in [5.74, 6) is -1.09. The van der Waals surface area contributed by atoms with Gasteiger partial charge in [-0.05, 0) is 37.6 Å². The molecule has 0 atom stereocenters. The van der Waals surface area contributed by atoms with Gasteiger partial charge >= 0.3 is 5.69 Å². The normalized spacial score (nSPS) is 11.1. The maximum Gasteiger partial charge on any atom is 0.348 e. The largest absolute Gasteiger partial charge is 0.489 e. The van der Waals surface area contributed by atoms with Crippen LogP contribution < -0.4 is 20.7 Å². The van der Waals surface area contributed by atoms with Crippen molar-refractivity contribution in [2.45, 2.75) is 0 Å². The highest BCUT2D eigenvalue weighted by Crippen LogP contribution is 2.40. The SMILES string of the molecule is COc1c(Nc2ncc(Cl)c(Nc3ccccc3P(C)(C)=O)n2)ccc(F)c1[N+](=O)[O-]. The fourth-order valence-electron chi connectivity index (χ4n) is 2.83. The summed E-state index contributed by atoms with van der Waals surface area (Å²) in [5, 5.41) is 17.8. The van der Waals surface area contributed by atoms with E-state index in [9.17, 15) is 19.1 Å². The summed E-state index contributed by atoms with van der Waals surface area (Å²) in [6.07, 6.45) is 1.32. The first-order valence-corrected chi connectivity index (χ1v) is 11.8. The van der Waals surface area contributed by atoms with Gasteiger partial charge in [0, 0.05) is 5.30 Å². The summed E-state index contributed by atoms with van der Waals surface area (Å²) in [7, 11) is -1.40. The van der Waals surface area contributed by atoms with Gasteiger partial charge in [-0.15, -0.1) is 0 Å². The standard InChI is InChI=1S/C19H18ClFN5O4P/c1-30-17-14(9-8-12(21)16(17)26(27)28)24-19-22-10-11(20)18(25-19)23-13-6-4-5-7-15(13)31(2,3)29/h4-10H,1-3H3,(H2,22,23,24,25). The Balaban J connectivity index is 1.98. The average Bonchev–Trinajstić information content (AvgIpc) is 2.70. The van der Waals surface area contributed by atoms with Gasteiger partial charge in [0.25, 0.3) is 0 Å². The summed E-state index contributed by atoms with van der Waals surface area (Å²) in [4.78, 5) is 18.7. The van der Waals surface area contributed by atoms with Crippen LogP contribution in [0.25, 0.3) is 0 Å². The second kappa shape index (κ2) is 8.87. The van der Waals surface area contributed by atoms with Crippen molar-refractivity contribution < 1.29 is 18.6 Å². The first kappa shape index (κ1) is 22.5. The first-order valence-electron chi connectivity index (χ1n) is 8.84. The highest BCUT2D eigenvalue weighted by molar-refractivity contribution is 7.70. The zero-order chi connectivity index (χ0) is 22.8. The summed E-state index contributed by atoms with van der Waals surface area (Å²) >= 11 is 6.21. The maximum absolute atomic E-state index is 13.9. The Hall–Kier alpha value is -3.23. The number of para-hydroxylation sites is 1. The predicted molar refractivity (Wildman–Crippen MR) is 119 cm³/mol. The van der Waals surface area contributed by atoms with Crippen molar-refractivity contribution in [3.63, 3.8) is 0 Å². The minimum Gasteiger partial charge on any atom is -0.489 e. The van der Waals surface area contributed by atoms with Crippen LogP contribution in [-0.2, 0) is 4.57 Å². The van der Waals surface area contributed by atoms with Crippen LogP contribution in [0, 0.1) is 15.9 Å². The molecule has 3 rings (SSSR count). The van der Waals surface area contributed by atoms with Crippen molar-refractivity contribution in [2.75, 3.05) is 31.1 Å². The second-order valence-electron chi connectivity index (χ2n) is 6.74. The zero-order valence-electron chi connectivity index (χ0n) is 16.7. The number of nitrogens with one attached hydrogen (secondary N) is 2. The number of ether oxygens (including phenoxy) is 1. The fourth-order valence-corrected chi connectivity index (χ4v) is 4.13. The van der Waals surface area contributed by atoms with Gasteiger partial charge in [0.15, 0.2) is 5.82 Å². The summed E-state index contributed by atoms with van der Waals surface area (Å²) in [6.45, 7) is 3.30. The molecule has 2 N–H and O–H groups in total. The molecule has 0 spiro atoms. The average molecular weight is 466 g/mol. The summed E-state index contributed by atoms with van der Waals surface area (Å²) in [5.41, 5.74) is -0.149. The lowest BCUT2D eigenvalue weighted by Gasteiger charge is -2.16. The molecule has 3 aromatic rings. The van der Waals surface area contributed by atoms with Gasteiger partial charge in [0.1, 0.15) is 12.2 Å². The van der Waals surface area contributed by atoms with Crippen molar-refractivity contribution in [1.82, 2.24) is 9.97 Å². The van der Waals surface area contributed by atoms with Gasteiger partial charge in [0.2, 0.25) is 17.5 Å². The van der Waals surface area contributed by atoms with E-state index in [1.54, 1.807) is 37.6 Å². The lowest BCUT2D eigenvalue weighted by Crippen LogP contribution is -2.11. The number of rotatable bonds is 7. The van der Waals surface area contributed by atoms with E-state index in [0.717, 1.165) is 6.07 Å². The molecule has 0 aliphatic heterocycles. The third-order valence-corrected chi connectivity index (χ3v) is 6.02. The van der Waals surface area contributed by atoms with Gasteiger partial charge in [-0.3, -0.25) is 10.1 Å². The Kier molecular flexibility index (Phi) is 6.42. The van der Waals surface area contributed by atoms with E-state index >= 15 is 0 Å². The Labute approximate surface area is 182 Å². The maximum atomic E-state index is 13.9. The molecule has 0 bridgehead atoms. The van der Waals surface area contributed by atoms with Crippen LogP contribution in [0.5, 0.6) is 5.75 Å². The Bertz CT molecular complexity index is 1200. The Morgan fingerprint density at radius 2 is 1.87 bits per heavy atom. The third kappa shape index (κ3) is 4.92. The Morgan fingerprint density at radius 3 is 2.52 bits per heavy atom. The van der Waals surface area contributed by atoms with E-state index in [-0.39, 0.29) is 28.2 Å². The molecule has 12 heteroatoms. The van der Waals surface area contributed by atoms with Gasteiger partial charge in [-0.2, -0.15) is 9.37 Å². The van der Waals surface area contributed by atoms with Gasteiger partial charge in [0.05, 0.1) is 29.6 Å². The number of methoxy groups -OCH3 is 1. The van der Waals surface area contributed by atoms with E-state index in [0.29, 0.717) is 11.0 Å². The molecule has 0 amide bonds. The molecular weight excluding hydrogens is 448 g/mol. The van der Waals surface area contributed by atoms with Crippen molar-refractivity contribution in [3.8, 4) is 5.75 Å². The molecule has 0 fully saturated rings. The molecule has 1 aromatic heterocycles. The minimum absolute atomic E-state index is 0.0276. The quantitative estimate of drug-likeness (QED) is 0.286. The van der Waals surface area contributed by atoms with Crippen LogP contribution in [0.15, 0.2) is 42.6 Å². The molecule has 0 radical (unpaired) electrons. The molecule has 1 heterocycles. The molecule has 0 aliphatic carbocycles. The van der Waals surface area contributed by atoms with E-state index in [1.807, 2.05) is 0 Å². The molecule has 0 aliphatic rings. The summed E-state index contributed by atoms with van der Waals surface area (Å²) < 4.78 is 31.5. The molecule has 0 saturated carbocycles. The minimum atomic E-state index is -2.59. The lowest BCUT2D eigenvalue weighted by molar-refractivity contribution is -0.388. The number of nitrogens with zero attached hydrogens (tertiary/aromatic N) is 3. The first-order chi connectivity index (χ1) is 14.6. The Morgan fingerprint density at radius 1 is 1.16 bits per heavy atom. The molecule has 31 heavy (non-hydrogen) atoms. The number of nitro groups is 1. The smallest absolute Gasteiger partial charge is 0.348 e. The van der Waals surface area contributed by atoms with Crippen LogP contribution in [0.3, 0.4) is 0 Å². The van der Waals surface area contributed by atoms with Crippen LogP contribution in [0.4, 0.5) is 33.2 Å². The van der Waals surface area contributed by atoms with Crippen LogP contribution in [0.1, 0.15) is 0 Å². The number of halogens is 2. The number of hydrogen-bond donors (Lipinski definition) is 2. The van der Waals surface area contributed by atoms with Crippen molar-refractivity contribution in [3.05, 3.63) is 63.5 Å². The van der Waals surface area contributed by atoms with Crippen molar-refractivity contribution in [1.29, 1.82) is 0 Å². The zero-order valence-corrected chi connectivity index (χ0v) is 18.4. The summed E-state index contributed by atoms with van der Waals surface area (Å²) in [6, 6.07) is 9.26. The highest BCUT2D eigenvalue weighted by Gasteiger charge is 2.25. The van der Waals surface area contributed by atoms with Crippen LogP contribution in [-0.4, -0.2) is 35.3 Å². The topological polar surface area (TPSA) is 119 Å². The molecule has 2 aromatic carbocycles. The van der Waals surface area contributed by atoms with Crippen LogP contribution >= 0.6 is 18.7 Å². The van der Waals surface area contributed by atoms with E-state index in [1.165, 1.54) is 19.4 Å². The lowest BCUT2D eigenvalue weighted by atomic mass is 10.2. The number of benzene rings is 2. The number of hydrogen-bond acceptors (Lipinski definition) is 8. The van der Waals surface area contributed by atoms with Gasteiger partial charge < -0.3 is 19.9 Å². The molecule has 162 valence electrons. The third-order valence-electron chi connectivity index (χ3n) is 4.20. The highest BCUT2D eigenvalue weighted by atomic mass is 35.5. The number of nitro benzene ring substituents is 1. The number of anilines is 4. The molecular formula is C19H18ClFN5O4P. The van der Waals surface area contributed by atoms with Gasteiger partial charge in [-0.1, -0.05) is 23.7 Å². The fraction of sp³-hybridized carbons (Fsp3) is 0.158. The second-order valence-corrected chi connectivity index (χ2v) is 10.3. The van der Waals surface area contributed by atoms with Crippen molar-refractivity contribution >= 4 is 52.9 Å². The molecule has 0 saturated heterocycles.